The molecule has 2 heterocycles. The van der Waals surface area contributed by atoms with Crippen molar-refractivity contribution in [3.05, 3.63) is 218 Å². The maximum atomic E-state index is 2.45. The van der Waals surface area contributed by atoms with E-state index in [0.717, 1.165) is 5.69 Å². The summed E-state index contributed by atoms with van der Waals surface area (Å²) < 4.78 is 4.85. The summed E-state index contributed by atoms with van der Waals surface area (Å²) in [6.45, 7) is 0. The molecule has 9 aromatic carbocycles. The molecule has 2 aromatic heterocycles. The second kappa shape index (κ2) is 13.2. The van der Waals surface area contributed by atoms with E-state index < -0.39 is 0 Å². The van der Waals surface area contributed by atoms with Crippen LogP contribution in [0, 0.1) is 0 Å². The minimum atomic E-state index is 1.16. The minimum absolute atomic E-state index is 1.16. The molecule has 0 radical (unpaired) electrons. The van der Waals surface area contributed by atoms with Crippen molar-refractivity contribution < 1.29 is 0 Å². The summed E-state index contributed by atoms with van der Waals surface area (Å²) in [5, 5.41) is 4.98. The fourth-order valence-electron chi connectivity index (χ4n) is 8.67. The van der Waals surface area contributed by atoms with Gasteiger partial charge in [0, 0.05) is 32.8 Å². The summed E-state index contributed by atoms with van der Waals surface area (Å²) in [5.41, 5.74) is 16.8. The van der Waals surface area contributed by atoms with Crippen LogP contribution >= 0.6 is 0 Å². The van der Waals surface area contributed by atoms with Gasteiger partial charge in [-0.3, -0.25) is 0 Å². The van der Waals surface area contributed by atoms with Gasteiger partial charge in [0.25, 0.3) is 0 Å². The molecular weight excluding hydrogens is 677 g/mol. The standard InChI is InChI=1S/C54H36N2/c1-4-14-37(15-5-1)39-24-29-44(30-25-39)55-50-22-12-10-20-45(50)48-35-42(27-32-53(48)55)43-28-33-54-49(36-43)46-21-11-13-23-51(46)56(54)52-31-26-41(38-16-6-2-7-17-38)34-47(52)40-18-8-3-9-19-40/h1-36H. The quantitative estimate of drug-likeness (QED) is 0.162. The van der Waals surface area contributed by atoms with Crippen LogP contribution in [0.5, 0.6) is 0 Å². The summed E-state index contributed by atoms with van der Waals surface area (Å²) in [7, 11) is 0. The summed E-state index contributed by atoms with van der Waals surface area (Å²) in [4.78, 5) is 0. The van der Waals surface area contributed by atoms with Gasteiger partial charge in [-0.25, -0.2) is 0 Å². The highest BCUT2D eigenvalue weighted by Gasteiger charge is 2.18. The first-order chi connectivity index (χ1) is 27.8. The van der Waals surface area contributed by atoms with Gasteiger partial charge in [-0.1, -0.05) is 158 Å². The number of rotatable bonds is 6. The SMILES string of the molecule is c1ccc(-c2ccc(-n3c4ccccc4c4cc(-c5ccc6c(c5)c5ccccc5n6-c5ccc(-c6ccccc6)cc5-c5ccccc5)ccc43)cc2)cc1. The van der Waals surface area contributed by atoms with Crippen molar-refractivity contribution in [1.29, 1.82) is 0 Å². The summed E-state index contributed by atoms with van der Waals surface area (Å²) in [5.74, 6) is 0. The van der Waals surface area contributed by atoms with Crippen molar-refractivity contribution in [2.24, 2.45) is 0 Å². The molecule has 0 saturated heterocycles. The second-order valence-electron chi connectivity index (χ2n) is 14.5. The summed E-state index contributed by atoms with van der Waals surface area (Å²) >= 11 is 0. The van der Waals surface area contributed by atoms with E-state index in [1.807, 2.05) is 0 Å². The first-order valence-electron chi connectivity index (χ1n) is 19.3. The van der Waals surface area contributed by atoms with Gasteiger partial charge in [0.1, 0.15) is 0 Å². The van der Waals surface area contributed by atoms with Crippen LogP contribution in [0.1, 0.15) is 0 Å². The Hall–Kier alpha value is -7.42. The van der Waals surface area contributed by atoms with E-state index in [4.69, 9.17) is 0 Å². The molecule has 11 rings (SSSR count). The molecule has 0 spiro atoms. The lowest BCUT2D eigenvalue weighted by Gasteiger charge is -2.16. The fourth-order valence-corrected chi connectivity index (χ4v) is 8.67. The molecule has 0 bridgehead atoms. The van der Waals surface area contributed by atoms with Crippen LogP contribution in [-0.2, 0) is 0 Å². The highest BCUT2D eigenvalue weighted by molar-refractivity contribution is 6.13. The van der Waals surface area contributed by atoms with Gasteiger partial charge in [0.15, 0.2) is 0 Å². The number of fused-ring (bicyclic) bond motifs is 6. The molecular formula is C54H36N2. The molecule has 0 saturated carbocycles. The van der Waals surface area contributed by atoms with E-state index in [2.05, 4.69) is 228 Å². The zero-order valence-electron chi connectivity index (χ0n) is 30.7. The molecule has 56 heavy (non-hydrogen) atoms. The third-order valence-electron chi connectivity index (χ3n) is 11.3. The van der Waals surface area contributed by atoms with Crippen LogP contribution in [0.2, 0.25) is 0 Å². The molecule has 0 fully saturated rings. The van der Waals surface area contributed by atoms with E-state index in [0.29, 0.717) is 0 Å². The normalized spacial score (nSPS) is 11.6. The van der Waals surface area contributed by atoms with Gasteiger partial charge in [-0.15, -0.1) is 0 Å². The average Bonchev–Trinajstić information content (AvgIpc) is 3.79. The van der Waals surface area contributed by atoms with Crippen LogP contribution < -0.4 is 0 Å². The number of para-hydroxylation sites is 2. The Balaban J connectivity index is 1.06. The maximum absolute atomic E-state index is 2.45. The summed E-state index contributed by atoms with van der Waals surface area (Å²) in [6, 6.07) is 79.4. The van der Waals surface area contributed by atoms with Gasteiger partial charge in [-0.2, -0.15) is 0 Å². The van der Waals surface area contributed by atoms with E-state index in [1.165, 1.54) is 93.8 Å². The van der Waals surface area contributed by atoms with E-state index >= 15 is 0 Å². The molecule has 11 aromatic rings. The van der Waals surface area contributed by atoms with Gasteiger partial charge in [0.2, 0.25) is 0 Å². The molecule has 0 aliphatic carbocycles. The Morgan fingerprint density at radius 2 is 0.625 bits per heavy atom. The molecule has 0 N–H and O–H groups in total. The Morgan fingerprint density at radius 3 is 1.21 bits per heavy atom. The number of nitrogens with zero attached hydrogens (tertiary/aromatic N) is 2. The Morgan fingerprint density at radius 1 is 0.232 bits per heavy atom. The Kier molecular flexibility index (Phi) is 7.53. The van der Waals surface area contributed by atoms with Gasteiger partial charge >= 0.3 is 0 Å². The molecule has 0 unspecified atom stereocenters. The van der Waals surface area contributed by atoms with Crippen molar-refractivity contribution in [1.82, 2.24) is 9.13 Å². The van der Waals surface area contributed by atoms with E-state index in [9.17, 15) is 0 Å². The zero-order chi connectivity index (χ0) is 37.0. The second-order valence-corrected chi connectivity index (χ2v) is 14.5. The first-order valence-corrected chi connectivity index (χ1v) is 19.3. The predicted molar refractivity (Wildman–Crippen MR) is 237 cm³/mol. The van der Waals surface area contributed by atoms with Crippen LogP contribution in [0.25, 0.3) is 99.5 Å². The lowest BCUT2D eigenvalue weighted by molar-refractivity contribution is 1.18. The number of aromatic nitrogens is 2. The van der Waals surface area contributed by atoms with E-state index in [-0.39, 0.29) is 0 Å². The topological polar surface area (TPSA) is 9.86 Å². The fraction of sp³-hybridized carbons (Fsp3) is 0. The predicted octanol–water partition coefficient (Wildman–Crippen LogP) is 14.5. The van der Waals surface area contributed by atoms with Gasteiger partial charge in [-0.05, 0) is 99.6 Å². The largest absolute Gasteiger partial charge is 0.309 e. The van der Waals surface area contributed by atoms with Crippen LogP contribution in [0.15, 0.2) is 218 Å². The van der Waals surface area contributed by atoms with Crippen LogP contribution in [0.3, 0.4) is 0 Å². The van der Waals surface area contributed by atoms with Crippen molar-refractivity contribution >= 4 is 43.6 Å². The van der Waals surface area contributed by atoms with Crippen LogP contribution in [0.4, 0.5) is 0 Å². The number of hydrogen-bond acceptors (Lipinski definition) is 0. The van der Waals surface area contributed by atoms with Crippen molar-refractivity contribution in [3.8, 4) is 55.9 Å². The Bertz CT molecular complexity index is 3210. The highest BCUT2D eigenvalue weighted by atomic mass is 15.0. The molecule has 2 heteroatoms. The molecule has 0 aliphatic heterocycles. The number of hydrogen-bond donors (Lipinski definition) is 0. The molecule has 0 amide bonds. The van der Waals surface area contributed by atoms with Gasteiger partial charge in [0.05, 0.1) is 27.8 Å². The third-order valence-corrected chi connectivity index (χ3v) is 11.3. The third kappa shape index (κ3) is 5.26. The van der Waals surface area contributed by atoms with Crippen molar-refractivity contribution in [2.75, 3.05) is 0 Å². The molecule has 0 aliphatic rings. The average molecular weight is 713 g/mol. The zero-order valence-corrected chi connectivity index (χ0v) is 30.7. The maximum Gasteiger partial charge on any atom is 0.0541 e. The van der Waals surface area contributed by atoms with Crippen LogP contribution in [-0.4, -0.2) is 9.13 Å². The smallest absolute Gasteiger partial charge is 0.0541 e. The molecule has 0 atom stereocenters. The summed E-state index contributed by atoms with van der Waals surface area (Å²) in [6.07, 6.45) is 0. The van der Waals surface area contributed by atoms with Crippen molar-refractivity contribution in [2.45, 2.75) is 0 Å². The lowest BCUT2D eigenvalue weighted by Crippen LogP contribution is -1.98. The number of benzene rings is 9. The lowest BCUT2D eigenvalue weighted by atomic mass is 9.97. The monoisotopic (exact) mass is 712 g/mol. The minimum Gasteiger partial charge on any atom is -0.309 e. The van der Waals surface area contributed by atoms with Crippen molar-refractivity contribution in [3.63, 3.8) is 0 Å². The highest BCUT2D eigenvalue weighted by Crippen LogP contribution is 2.41. The van der Waals surface area contributed by atoms with Gasteiger partial charge < -0.3 is 9.13 Å². The van der Waals surface area contributed by atoms with E-state index in [1.54, 1.807) is 0 Å². The Labute approximate surface area is 325 Å². The molecule has 262 valence electrons. The molecule has 2 nitrogen and oxygen atoms in total. The first kappa shape index (κ1) is 32.0.